The van der Waals surface area contributed by atoms with Gasteiger partial charge in [0, 0.05) is 18.8 Å². The van der Waals surface area contributed by atoms with Gasteiger partial charge in [-0.15, -0.1) is 0 Å². The molecule has 0 saturated carbocycles. The lowest BCUT2D eigenvalue weighted by atomic mass is 10.2. The maximum absolute atomic E-state index is 12.5. The second-order valence-electron chi connectivity index (χ2n) is 4.71. The van der Waals surface area contributed by atoms with E-state index >= 15 is 0 Å². The Morgan fingerprint density at radius 3 is 2.55 bits per heavy atom. The molecule has 108 valence electrons. The number of aryl methyl sites for hydroxylation is 2. The highest BCUT2D eigenvalue weighted by molar-refractivity contribution is 7.89. The minimum absolute atomic E-state index is 0.156. The third kappa shape index (κ3) is 2.83. The third-order valence-corrected chi connectivity index (χ3v) is 4.91. The lowest BCUT2D eigenvalue weighted by Gasteiger charge is -2.17. The molecule has 0 atom stereocenters. The molecule has 0 radical (unpaired) electrons. The van der Waals surface area contributed by atoms with Gasteiger partial charge < -0.3 is 10.3 Å². The molecule has 0 amide bonds. The van der Waals surface area contributed by atoms with Crippen LogP contribution >= 0.6 is 0 Å². The molecule has 0 aliphatic carbocycles. The van der Waals surface area contributed by atoms with Gasteiger partial charge in [0.15, 0.2) is 0 Å². The van der Waals surface area contributed by atoms with Crippen molar-refractivity contribution < 1.29 is 12.9 Å². The van der Waals surface area contributed by atoms with Gasteiger partial charge in [-0.1, -0.05) is 5.16 Å². The summed E-state index contributed by atoms with van der Waals surface area (Å²) in [5.41, 5.74) is 7.37. The number of hydrogen-bond donors (Lipinski definition) is 1. The van der Waals surface area contributed by atoms with E-state index in [1.807, 2.05) is 0 Å². The van der Waals surface area contributed by atoms with Crippen LogP contribution < -0.4 is 5.73 Å². The van der Waals surface area contributed by atoms with Crippen LogP contribution in [0.1, 0.15) is 17.0 Å². The van der Waals surface area contributed by atoms with Crippen LogP contribution in [-0.4, -0.2) is 24.9 Å². The van der Waals surface area contributed by atoms with Crippen LogP contribution in [0.3, 0.4) is 0 Å². The lowest BCUT2D eigenvalue weighted by Crippen LogP contribution is -2.27. The van der Waals surface area contributed by atoms with Crippen molar-refractivity contribution in [1.29, 1.82) is 0 Å². The predicted octanol–water partition coefficient (Wildman–Crippen LogP) is 1.69. The van der Waals surface area contributed by atoms with Gasteiger partial charge in [-0.25, -0.2) is 8.42 Å². The zero-order valence-corrected chi connectivity index (χ0v) is 12.4. The van der Waals surface area contributed by atoms with E-state index in [0.29, 0.717) is 22.7 Å². The first-order chi connectivity index (χ1) is 9.30. The Morgan fingerprint density at radius 1 is 1.30 bits per heavy atom. The van der Waals surface area contributed by atoms with E-state index in [4.69, 9.17) is 10.3 Å². The molecule has 7 heteroatoms. The summed E-state index contributed by atoms with van der Waals surface area (Å²) in [4.78, 5) is 0.245. The molecule has 0 spiro atoms. The van der Waals surface area contributed by atoms with Gasteiger partial charge >= 0.3 is 0 Å². The smallest absolute Gasteiger partial charge is 0.243 e. The van der Waals surface area contributed by atoms with Crippen molar-refractivity contribution in [3.8, 4) is 0 Å². The Morgan fingerprint density at radius 2 is 2.00 bits per heavy atom. The monoisotopic (exact) mass is 295 g/mol. The fourth-order valence-corrected chi connectivity index (χ4v) is 3.28. The summed E-state index contributed by atoms with van der Waals surface area (Å²) < 4.78 is 31.2. The van der Waals surface area contributed by atoms with Crippen molar-refractivity contribution >= 4 is 15.7 Å². The number of anilines is 1. The number of nitrogens with zero attached hydrogens (tertiary/aromatic N) is 2. The second-order valence-corrected chi connectivity index (χ2v) is 6.73. The van der Waals surface area contributed by atoms with Gasteiger partial charge in [0.2, 0.25) is 10.0 Å². The molecule has 0 fully saturated rings. The van der Waals surface area contributed by atoms with Crippen LogP contribution in [0.5, 0.6) is 0 Å². The molecule has 2 N–H and O–H groups in total. The Bertz CT molecular complexity index is 722. The zero-order valence-electron chi connectivity index (χ0n) is 11.6. The van der Waals surface area contributed by atoms with Crippen LogP contribution in [0.2, 0.25) is 0 Å². The maximum atomic E-state index is 12.5. The number of rotatable bonds is 4. The Labute approximate surface area is 118 Å². The number of aromatic nitrogens is 1. The van der Waals surface area contributed by atoms with Crippen LogP contribution in [0, 0.1) is 13.8 Å². The molecule has 20 heavy (non-hydrogen) atoms. The second kappa shape index (κ2) is 5.26. The molecule has 6 nitrogen and oxygen atoms in total. The molecule has 0 aliphatic rings. The van der Waals surface area contributed by atoms with E-state index in [9.17, 15) is 8.42 Å². The van der Waals surface area contributed by atoms with Crippen molar-refractivity contribution in [2.45, 2.75) is 25.3 Å². The Balaban J connectivity index is 2.29. The van der Waals surface area contributed by atoms with Crippen LogP contribution in [0.4, 0.5) is 5.69 Å². The fourth-order valence-electron chi connectivity index (χ4n) is 1.94. The lowest BCUT2D eigenvalue weighted by molar-refractivity contribution is 0.378. The molecule has 0 bridgehead atoms. The molecule has 2 rings (SSSR count). The minimum Gasteiger partial charge on any atom is -0.399 e. The first-order valence-electron chi connectivity index (χ1n) is 6.05. The number of benzene rings is 1. The average Bonchev–Trinajstić information content (AvgIpc) is 2.74. The predicted molar refractivity (Wildman–Crippen MR) is 75.5 cm³/mol. The number of sulfonamides is 1. The molecule has 0 unspecified atom stereocenters. The van der Waals surface area contributed by atoms with Crippen molar-refractivity contribution in [1.82, 2.24) is 9.46 Å². The van der Waals surface area contributed by atoms with E-state index in [2.05, 4.69) is 5.16 Å². The summed E-state index contributed by atoms with van der Waals surface area (Å²) in [6, 6.07) is 6.45. The molecular weight excluding hydrogens is 278 g/mol. The molecule has 0 aliphatic heterocycles. The average molecular weight is 295 g/mol. The van der Waals surface area contributed by atoms with Crippen LogP contribution in [0.25, 0.3) is 0 Å². The highest BCUT2D eigenvalue weighted by Gasteiger charge is 2.23. The number of nitrogens with two attached hydrogens (primary N) is 1. The van der Waals surface area contributed by atoms with E-state index < -0.39 is 10.0 Å². The molecule has 1 aromatic carbocycles. The Kier molecular flexibility index (Phi) is 3.82. The summed E-state index contributed by atoms with van der Waals surface area (Å²) in [5.74, 6) is 0.648. The highest BCUT2D eigenvalue weighted by atomic mass is 32.2. The molecule has 1 aromatic heterocycles. The summed E-state index contributed by atoms with van der Waals surface area (Å²) in [7, 11) is -2.07. The van der Waals surface area contributed by atoms with Gasteiger partial charge in [-0.05, 0) is 37.6 Å². The molecule has 0 saturated heterocycles. The molecule has 1 heterocycles. The van der Waals surface area contributed by atoms with E-state index in [1.54, 1.807) is 32.0 Å². The fraction of sp³-hybridized carbons (Fsp3) is 0.308. The SMILES string of the molecule is Cc1cc(CN(C)S(=O)(=O)c2ccc(N)cc2C)no1. The quantitative estimate of drug-likeness (QED) is 0.867. The van der Waals surface area contributed by atoms with Crippen molar-refractivity contribution in [3.05, 3.63) is 41.3 Å². The summed E-state index contributed by atoms with van der Waals surface area (Å²) in [6.07, 6.45) is 0. The largest absolute Gasteiger partial charge is 0.399 e. The highest BCUT2D eigenvalue weighted by Crippen LogP contribution is 2.22. The van der Waals surface area contributed by atoms with Gasteiger partial charge in [-0.2, -0.15) is 4.31 Å². The normalized spacial score (nSPS) is 12.0. The molecular formula is C13H17N3O3S. The van der Waals surface area contributed by atoms with E-state index in [1.165, 1.54) is 17.4 Å². The minimum atomic E-state index is -3.58. The van der Waals surface area contributed by atoms with E-state index in [0.717, 1.165) is 0 Å². The number of hydrogen-bond acceptors (Lipinski definition) is 5. The van der Waals surface area contributed by atoms with Gasteiger partial charge in [-0.3, -0.25) is 0 Å². The van der Waals surface area contributed by atoms with Crippen LogP contribution in [-0.2, 0) is 16.6 Å². The van der Waals surface area contributed by atoms with Gasteiger partial charge in [0.25, 0.3) is 0 Å². The van der Waals surface area contributed by atoms with Gasteiger partial charge in [0.05, 0.1) is 17.1 Å². The summed E-state index contributed by atoms with van der Waals surface area (Å²) >= 11 is 0. The number of nitrogen functional groups attached to an aromatic ring is 1. The summed E-state index contributed by atoms with van der Waals surface area (Å²) in [6.45, 7) is 3.63. The van der Waals surface area contributed by atoms with Crippen LogP contribution in [0.15, 0.2) is 33.7 Å². The zero-order chi connectivity index (χ0) is 14.9. The van der Waals surface area contributed by atoms with Crippen molar-refractivity contribution in [2.24, 2.45) is 0 Å². The first-order valence-corrected chi connectivity index (χ1v) is 7.49. The third-order valence-electron chi connectivity index (χ3n) is 2.95. The molecule has 2 aromatic rings. The maximum Gasteiger partial charge on any atom is 0.243 e. The topological polar surface area (TPSA) is 89.4 Å². The Hall–Kier alpha value is -1.86. The van der Waals surface area contributed by atoms with Crippen molar-refractivity contribution in [3.63, 3.8) is 0 Å². The van der Waals surface area contributed by atoms with Crippen molar-refractivity contribution in [2.75, 3.05) is 12.8 Å². The summed E-state index contributed by atoms with van der Waals surface area (Å²) in [5, 5.41) is 3.80. The first kappa shape index (κ1) is 14.5. The standard InChI is InChI=1S/C13H17N3O3S/c1-9-6-11(14)4-5-13(9)20(17,18)16(3)8-12-7-10(2)19-15-12/h4-7H,8,14H2,1-3H3. The van der Waals surface area contributed by atoms with E-state index in [-0.39, 0.29) is 11.4 Å². The van der Waals surface area contributed by atoms with Gasteiger partial charge in [0.1, 0.15) is 5.76 Å².